The van der Waals surface area contributed by atoms with Crippen LogP contribution < -0.4 is 4.74 Å². The van der Waals surface area contributed by atoms with Gasteiger partial charge in [-0.1, -0.05) is 18.9 Å². The van der Waals surface area contributed by atoms with Crippen LogP contribution in [0, 0.1) is 0 Å². The third kappa shape index (κ3) is 2.65. The van der Waals surface area contributed by atoms with Gasteiger partial charge in [0.15, 0.2) is 0 Å². The van der Waals surface area contributed by atoms with Gasteiger partial charge in [-0.25, -0.2) is 0 Å². The molecular formula is C20H28N2O. The third-order valence-corrected chi connectivity index (χ3v) is 6.02. The molecule has 1 aliphatic heterocycles. The molecule has 23 heavy (non-hydrogen) atoms. The van der Waals surface area contributed by atoms with Crippen LogP contribution in [-0.2, 0) is 6.42 Å². The predicted octanol–water partition coefficient (Wildman–Crippen LogP) is 4.47. The smallest absolute Gasteiger partial charge is 0.128 e. The van der Waals surface area contributed by atoms with Gasteiger partial charge in [0, 0.05) is 22.6 Å². The van der Waals surface area contributed by atoms with E-state index in [1.165, 1.54) is 67.2 Å². The van der Waals surface area contributed by atoms with Gasteiger partial charge in [0.25, 0.3) is 0 Å². The number of aromatic nitrogens is 1. The van der Waals surface area contributed by atoms with Crippen LogP contribution in [0.5, 0.6) is 5.75 Å². The Morgan fingerprint density at radius 3 is 2.70 bits per heavy atom. The molecule has 1 aromatic heterocycles. The lowest BCUT2D eigenvalue weighted by Crippen LogP contribution is -2.27. The molecule has 2 heterocycles. The summed E-state index contributed by atoms with van der Waals surface area (Å²) >= 11 is 0. The minimum absolute atomic E-state index is 0.680. The molecule has 0 amide bonds. The molecule has 1 atom stereocenters. The lowest BCUT2D eigenvalue weighted by molar-refractivity contribution is 0.309. The summed E-state index contributed by atoms with van der Waals surface area (Å²) in [5, 5.41) is 1.33. The van der Waals surface area contributed by atoms with Crippen molar-refractivity contribution in [2.75, 3.05) is 20.7 Å². The standard InChI is InChI=1S/C20H28N2O/c1-22-12-6-9-15(22)13-16-19-17(10-5-11-18(19)23-2)21-20(16)14-7-3-4-8-14/h5,10-11,14-15,21H,3-4,6-9,12-13H2,1-2H3/t15-/m1/s1. The number of nitrogens with one attached hydrogen (secondary N) is 1. The largest absolute Gasteiger partial charge is 0.496 e. The zero-order chi connectivity index (χ0) is 15.8. The van der Waals surface area contributed by atoms with Crippen molar-refractivity contribution in [1.29, 1.82) is 0 Å². The summed E-state index contributed by atoms with van der Waals surface area (Å²) in [5.41, 5.74) is 4.28. The third-order valence-electron chi connectivity index (χ3n) is 6.02. The number of hydrogen-bond donors (Lipinski definition) is 1. The number of hydrogen-bond acceptors (Lipinski definition) is 2. The summed E-state index contributed by atoms with van der Waals surface area (Å²) in [4.78, 5) is 6.31. The normalized spacial score (nSPS) is 23.1. The Morgan fingerprint density at radius 1 is 1.17 bits per heavy atom. The molecule has 0 bridgehead atoms. The number of aromatic amines is 1. The van der Waals surface area contributed by atoms with E-state index in [-0.39, 0.29) is 0 Å². The molecule has 1 saturated carbocycles. The molecule has 0 unspecified atom stereocenters. The van der Waals surface area contributed by atoms with Gasteiger partial charge in [-0.05, 0) is 69.3 Å². The first-order valence-electron chi connectivity index (χ1n) is 9.15. The Labute approximate surface area is 139 Å². The molecule has 1 aromatic carbocycles. The van der Waals surface area contributed by atoms with E-state index in [1.54, 1.807) is 7.11 Å². The minimum Gasteiger partial charge on any atom is -0.496 e. The summed E-state index contributed by atoms with van der Waals surface area (Å²) in [6.07, 6.45) is 9.23. The lowest BCUT2D eigenvalue weighted by Gasteiger charge is -2.21. The van der Waals surface area contributed by atoms with Crippen molar-refractivity contribution in [2.24, 2.45) is 0 Å². The monoisotopic (exact) mass is 312 g/mol. The van der Waals surface area contributed by atoms with Crippen LogP contribution in [0.25, 0.3) is 10.9 Å². The number of nitrogens with zero attached hydrogens (tertiary/aromatic N) is 1. The zero-order valence-corrected chi connectivity index (χ0v) is 14.4. The molecular weight excluding hydrogens is 284 g/mol. The van der Waals surface area contributed by atoms with E-state index in [2.05, 4.69) is 35.1 Å². The summed E-state index contributed by atoms with van der Waals surface area (Å²) in [7, 11) is 4.07. The number of rotatable bonds is 4. The maximum atomic E-state index is 5.70. The van der Waals surface area contributed by atoms with Gasteiger partial charge >= 0.3 is 0 Å². The van der Waals surface area contributed by atoms with Gasteiger partial charge in [0.05, 0.1) is 7.11 Å². The molecule has 3 heteroatoms. The Bertz CT molecular complexity index is 684. The highest BCUT2D eigenvalue weighted by molar-refractivity contribution is 5.91. The van der Waals surface area contributed by atoms with Crippen molar-refractivity contribution < 1.29 is 4.74 Å². The van der Waals surface area contributed by atoms with E-state index in [0.29, 0.717) is 12.0 Å². The van der Waals surface area contributed by atoms with Crippen molar-refractivity contribution in [3.8, 4) is 5.75 Å². The van der Waals surface area contributed by atoms with Crippen LogP contribution in [0.1, 0.15) is 55.7 Å². The van der Waals surface area contributed by atoms with Crippen LogP contribution in [0.2, 0.25) is 0 Å². The van der Waals surface area contributed by atoms with Crippen LogP contribution in [0.3, 0.4) is 0 Å². The fourth-order valence-electron chi connectivity index (χ4n) is 4.72. The quantitative estimate of drug-likeness (QED) is 0.902. The summed E-state index contributed by atoms with van der Waals surface area (Å²) in [5.74, 6) is 1.74. The Hall–Kier alpha value is -1.48. The SMILES string of the molecule is COc1cccc2[nH]c(C3CCCC3)c(C[C@H]3CCCN3C)c12. The highest BCUT2D eigenvalue weighted by atomic mass is 16.5. The minimum atomic E-state index is 0.680. The fraction of sp³-hybridized carbons (Fsp3) is 0.600. The van der Waals surface area contributed by atoms with Crippen molar-refractivity contribution in [1.82, 2.24) is 9.88 Å². The van der Waals surface area contributed by atoms with Gasteiger partial charge in [0.1, 0.15) is 5.75 Å². The van der Waals surface area contributed by atoms with Crippen LogP contribution >= 0.6 is 0 Å². The fourth-order valence-corrected chi connectivity index (χ4v) is 4.72. The van der Waals surface area contributed by atoms with Crippen LogP contribution in [0.4, 0.5) is 0 Å². The van der Waals surface area contributed by atoms with Gasteiger partial charge < -0.3 is 14.6 Å². The Kier molecular flexibility index (Phi) is 4.06. The first kappa shape index (κ1) is 15.1. The summed E-state index contributed by atoms with van der Waals surface area (Å²) in [6, 6.07) is 7.09. The van der Waals surface area contributed by atoms with Gasteiger partial charge in [0.2, 0.25) is 0 Å². The topological polar surface area (TPSA) is 28.3 Å². The molecule has 124 valence electrons. The molecule has 1 aliphatic carbocycles. The Morgan fingerprint density at radius 2 is 2.00 bits per heavy atom. The predicted molar refractivity (Wildman–Crippen MR) is 95.4 cm³/mol. The van der Waals surface area contributed by atoms with Crippen molar-refractivity contribution in [2.45, 2.75) is 56.9 Å². The van der Waals surface area contributed by atoms with E-state index in [1.807, 2.05) is 0 Å². The number of methoxy groups -OCH3 is 1. The van der Waals surface area contributed by atoms with Gasteiger partial charge in [-0.15, -0.1) is 0 Å². The van der Waals surface area contributed by atoms with E-state index in [4.69, 9.17) is 4.74 Å². The first-order chi connectivity index (χ1) is 11.3. The number of benzene rings is 1. The van der Waals surface area contributed by atoms with E-state index < -0.39 is 0 Å². The molecule has 3 nitrogen and oxygen atoms in total. The van der Waals surface area contributed by atoms with Crippen LogP contribution in [-0.4, -0.2) is 36.6 Å². The molecule has 0 spiro atoms. The maximum absolute atomic E-state index is 5.70. The average molecular weight is 312 g/mol. The molecule has 4 rings (SSSR count). The van der Waals surface area contributed by atoms with Crippen molar-refractivity contribution in [3.63, 3.8) is 0 Å². The lowest BCUT2D eigenvalue weighted by atomic mass is 9.93. The number of ether oxygens (including phenoxy) is 1. The molecule has 2 aromatic rings. The number of likely N-dealkylation sites (N-methyl/N-ethyl adjacent to an activating group) is 1. The van der Waals surface area contributed by atoms with Crippen molar-refractivity contribution in [3.05, 3.63) is 29.5 Å². The highest BCUT2D eigenvalue weighted by Crippen LogP contribution is 2.41. The molecule has 0 radical (unpaired) electrons. The Balaban J connectivity index is 1.81. The second kappa shape index (κ2) is 6.20. The molecule has 1 saturated heterocycles. The molecule has 2 fully saturated rings. The second-order valence-corrected chi connectivity index (χ2v) is 7.36. The highest BCUT2D eigenvalue weighted by Gasteiger charge is 2.28. The van der Waals surface area contributed by atoms with E-state index in [0.717, 1.165) is 12.2 Å². The number of likely N-dealkylation sites (tertiary alicyclic amines) is 1. The summed E-state index contributed by atoms with van der Waals surface area (Å²) < 4.78 is 5.70. The van der Waals surface area contributed by atoms with Crippen LogP contribution in [0.15, 0.2) is 18.2 Å². The van der Waals surface area contributed by atoms with E-state index >= 15 is 0 Å². The molecule has 2 aliphatic rings. The second-order valence-electron chi connectivity index (χ2n) is 7.36. The van der Waals surface area contributed by atoms with Crippen molar-refractivity contribution >= 4 is 10.9 Å². The number of H-pyrrole nitrogens is 1. The maximum Gasteiger partial charge on any atom is 0.128 e. The zero-order valence-electron chi connectivity index (χ0n) is 14.4. The van der Waals surface area contributed by atoms with E-state index in [9.17, 15) is 0 Å². The number of fused-ring (bicyclic) bond motifs is 1. The molecule has 1 N–H and O–H groups in total. The van der Waals surface area contributed by atoms with Gasteiger partial charge in [-0.3, -0.25) is 0 Å². The average Bonchev–Trinajstić information content (AvgIpc) is 3.28. The summed E-state index contributed by atoms with van der Waals surface area (Å²) in [6.45, 7) is 1.24. The van der Waals surface area contributed by atoms with Gasteiger partial charge in [-0.2, -0.15) is 0 Å². The first-order valence-corrected chi connectivity index (χ1v) is 9.15.